The second kappa shape index (κ2) is 7.87. The van der Waals surface area contributed by atoms with Crippen molar-refractivity contribution in [1.82, 2.24) is 10.2 Å². The van der Waals surface area contributed by atoms with E-state index in [1.807, 2.05) is 11.5 Å². The van der Waals surface area contributed by atoms with E-state index in [4.69, 9.17) is 9.47 Å². The number of thioether (sulfide) groups is 1. The molecular formula is C19H18F2N2O3S. The molecule has 8 heteroatoms. The maximum atomic E-state index is 13.8. The molecule has 1 aliphatic rings. The number of methoxy groups -OCH3 is 2. The van der Waals surface area contributed by atoms with Gasteiger partial charge in [-0.3, -0.25) is 4.79 Å². The molecule has 0 spiro atoms. The van der Waals surface area contributed by atoms with Gasteiger partial charge in [0.1, 0.15) is 28.7 Å². The number of rotatable bonds is 5. The Labute approximate surface area is 160 Å². The van der Waals surface area contributed by atoms with Crippen LogP contribution in [0.2, 0.25) is 0 Å². The number of nitrogens with zero attached hydrogens (tertiary/aromatic N) is 1. The zero-order valence-corrected chi connectivity index (χ0v) is 15.8. The zero-order chi connectivity index (χ0) is 19.6. The van der Waals surface area contributed by atoms with Crippen LogP contribution in [0.5, 0.6) is 11.5 Å². The number of hydrogen-bond acceptors (Lipinski definition) is 5. The Morgan fingerprint density at radius 3 is 2.48 bits per heavy atom. The van der Waals surface area contributed by atoms with Gasteiger partial charge in [-0.05, 0) is 35.7 Å². The second-order valence-electron chi connectivity index (χ2n) is 5.74. The van der Waals surface area contributed by atoms with Gasteiger partial charge < -0.3 is 19.7 Å². The van der Waals surface area contributed by atoms with Crippen molar-refractivity contribution < 1.29 is 23.0 Å². The van der Waals surface area contributed by atoms with Crippen molar-refractivity contribution in [2.75, 3.05) is 21.3 Å². The molecule has 0 aromatic heterocycles. The molecule has 1 N–H and O–H groups in total. The van der Waals surface area contributed by atoms with Crippen molar-refractivity contribution in [2.45, 2.75) is 5.50 Å². The predicted octanol–water partition coefficient (Wildman–Crippen LogP) is 3.67. The second-order valence-corrected chi connectivity index (χ2v) is 6.69. The summed E-state index contributed by atoms with van der Waals surface area (Å²) in [5, 5.41) is 4.49. The molecule has 1 heterocycles. The van der Waals surface area contributed by atoms with E-state index in [1.54, 1.807) is 38.3 Å². The third-order valence-electron chi connectivity index (χ3n) is 4.17. The van der Waals surface area contributed by atoms with Gasteiger partial charge in [0.05, 0.1) is 19.9 Å². The highest BCUT2D eigenvalue weighted by atomic mass is 32.2. The van der Waals surface area contributed by atoms with Crippen molar-refractivity contribution in [2.24, 2.45) is 0 Å². The van der Waals surface area contributed by atoms with Gasteiger partial charge in [-0.15, -0.1) is 0 Å². The summed E-state index contributed by atoms with van der Waals surface area (Å²) in [7, 11) is 4.90. The molecule has 1 unspecified atom stereocenters. The molecule has 2 aromatic rings. The van der Waals surface area contributed by atoms with E-state index in [-0.39, 0.29) is 0 Å². The van der Waals surface area contributed by atoms with Gasteiger partial charge in [0.15, 0.2) is 5.50 Å². The summed E-state index contributed by atoms with van der Waals surface area (Å²) >= 11 is 1.31. The lowest BCUT2D eigenvalue weighted by Crippen LogP contribution is -2.41. The van der Waals surface area contributed by atoms with E-state index in [9.17, 15) is 13.6 Å². The molecule has 0 bridgehead atoms. The fourth-order valence-corrected chi connectivity index (χ4v) is 3.75. The van der Waals surface area contributed by atoms with Crippen LogP contribution in [0.3, 0.4) is 0 Å². The number of halogens is 2. The fraction of sp³-hybridized carbons (Fsp3) is 0.211. The van der Waals surface area contributed by atoms with Gasteiger partial charge in [0.2, 0.25) is 0 Å². The molecule has 1 atom stereocenters. The topological polar surface area (TPSA) is 50.8 Å². The molecule has 142 valence electrons. The first-order valence-corrected chi connectivity index (χ1v) is 8.96. The van der Waals surface area contributed by atoms with Crippen LogP contribution in [0, 0.1) is 11.6 Å². The molecule has 0 fully saturated rings. The first-order chi connectivity index (χ1) is 13.0. The Balaban J connectivity index is 1.81. The number of nitrogens with one attached hydrogen (secondary N) is 1. The number of carbonyl (C=O) groups excluding carboxylic acids is 1. The lowest BCUT2D eigenvalue weighted by molar-refractivity contribution is 0.0924. The van der Waals surface area contributed by atoms with Crippen molar-refractivity contribution in [3.63, 3.8) is 0 Å². The Kier molecular flexibility index (Phi) is 5.55. The molecule has 1 aliphatic heterocycles. The third-order valence-corrected chi connectivity index (χ3v) is 5.22. The lowest BCUT2D eigenvalue weighted by Gasteiger charge is -2.26. The van der Waals surface area contributed by atoms with Crippen LogP contribution in [-0.2, 0) is 0 Å². The Morgan fingerprint density at radius 2 is 1.85 bits per heavy atom. The molecule has 3 rings (SSSR count). The Hall–Kier alpha value is -2.74. The maximum Gasteiger partial charge on any atom is 0.259 e. The fourth-order valence-electron chi connectivity index (χ4n) is 2.73. The highest BCUT2D eigenvalue weighted by Crippen LogP contribution is 2.39. The summed E-state index contributed by atoms with van der Waals surface area (Å²) in [6, 6.07) is 8.71. The summed E-state index contributed by atoms with van der Waals surface area (Å²) in [4.78, 5) is 14.1. The van der Waals surface area contributed by atoms with Crippen molar-refractivity contribution in [3.05, 3.63) is 64.6 Å². The molecule has 0 radical (unpaired) electrons. The summed E-state index contributed by atoms with van der Waals surface area (Å²) in [6.07, 6.45) is 0. The van der Waals surface area contributed by atoms with Crippen LogP contribution < -0.4 is 14.8 Å². The molecular weight excluding hydrogens is 374 g/mol. The Bertz CT molecular complexity index is 884. The summed E-state index contributed by atoms with van der Waals surface area (Å²) in [6.45, 7) is 0. The normalized spacial score (nSPS) is 16.1. The number of hydrogen-bond donors (Lipinski definition) is 1. The highest BCUT2D eigenvalue weighted by Gasteiger charge is 2.29. The minimum absolute atomic E-state index is 0.526. The largest absolute Gasteiger partial charge is 0.497 e. The van der Waals surface area contributed by atoms with Crippen molar-refractivity contribution >= 4 is 23.4 Å². The molecule has 27 heavy (non-hydrogen) atoms. The van der Waals surface area contributed by atoms with Crippen LogP contribution in [-0.4, -0.2) is 37.6 Å². The van der Waals surface area contributed by atoms with E-state index in [1.165, 1.54) is 17.8 Å². The van der Waals surface area contributed by atoms with Crippen LogP contribution >= 0.6 is 11.8 Å². The van der Waals surface area contributed by atoms with Gasteiger partial charge in [-0.1, -0.05) is 17.8 Å². The van der Waals surface area contributed by atoms with Crippen molar-refractivity contribution in [1.29, 1.82) is 0 Å². The van der Waals surface area contributed by atoms with Gasteiger partial charge in [-0.25, -0.2) is 8.78 Å². The van der Waals surface area contributed by atoms with Crippen LogP contribution in [0.25, 0.3) is 5.70 Å². The SMILES string of the molecule is COc1ccc(OC)c(C2=CSC(NC(=O)c3c(F)cccc3F)N2C)c1. The quantitative estimate of drug-likeness (QED) is 0.842. The summed E-state index contributed by atoms with van der Waals surface area (Å²) in [5.74, 6) is -1.32. The molecule has 2 aromatic carbocycles. The minimum atomic E-state index is -0.902. The van der Waals surface area contributed by atoms with Crippen LogP contribution in [0.4, 0.5) is 8.78 Å². The average Bonchev–Trinajstić information content (AvgIpc) is 3.01. The monoisotopic (exact) mass is 392 g/mol. The first-order valence-electron chi connectivity index (χ1n) is 8.02. The highest BCUT2D eigenvalue weighted by molar-refractivity contribution is 8.03. The Morgan fingerprint density at radius 1 is 1.15 bits per heavy atom. The van der Waals surface area contributed by atoms with E-state index in [0.717, 1.165) is 23.4 Å². The first kappa shape index (κ1) is 19.0. The average molecular weight is 392 g/mol. The lowest BCUT2D eigenvalue weighted by atomic mass is 10.1. The molecule has 5 nitrogen and oxygen atoms in total. The third kappa shape index (κ3) is 3.71. The zero-order valence-electron chi connectivity index (χ0n) is 15.0. The minimum Gasteiger partial charge on any atom is -0.497 e. The van der Waals surface area contributed by atoms with Crippen molar-refractivity contribution in [3.8, 4) is 11.5 Å². The van der Waals surface area contributed by atoms with E-state index >= 15 is 0 Å². The smallest absolute Gasteiger partial charge is 0.259 e. The van der Waals surface area contributed by atoms with Gasteiger partial charge >= 0.3 is 0 Å². The number of ether oxygens (including phenoxy) is 2. The van der Waals surface area contributed by atoms with Gasteiger partial charge in [0.25, 0.3) is 5.91 Å². The van der Waals surface area contributed by atoms with E-state index in [2.05, 4.69) is 5.32 Å². The summed E-state index contributed by atoms with van der Waals surface area (Å²) in [5.41, 5.74) is 0.442. The molecule has 1 amide bonds. The van der Waals surface area contributed by atoms with Crippen LogP contribution in [0.1, 0.15) is 15.9 Å². The number of carbonyl (C=O) groups is 1. The van der Waals surface area contributed by atoms with Gasteiger partial charge in [0, 0.05) is 12.6 Å². The number of benzene rings is 2. The molecule has 0 saturated heterocycles. The standard InChI is InChI=1S/C19H18F2N2O3S/c1-23-15(12-9-11(25-2)7-8-16(12)26-3)10-27-19(23)22-18(24)17-13(20)5-4-6-14(17)21/h4-10,19H,1-3H3,(H,22,24). The maximum absolute atomic E-state index is 13.8. The van der Waals surface area contributed by atoms with E-state index in [0.29, 0.717) is 11.5 Å². The molecule has 0 aliphatic carbocycles. The van der Waals surface area contributed by atoms with Gasteiger partial charge in [-0.2, -0.15) is 0 Å². The van der Waals surface area contributed by atoms with E-state index < -0.39 is 28.6 Å². The molecule has 0 saturated carbocycles. The summed E-state index contributed by atoms with van der Waals surface area (Å²) < 4.78 is 38.3. The predicted molar refractivity (Wildman–Crippen MR) is 100 cm³/mol. The number of amides is 1. The van der Waals surface area contributed by atoms with Crippen LogP contribution in [0.15, 0.2) is 41.8 Å².